The number of fused-ring (bicyclic) bond motifs is 3. The van der Waals surface area contributed by atoms with E-state index in [0.717, 1.165) is 28.6 Å². The second-order valence-electron chi connectivity index (χ2n) is 7.64. The molecule has 0 spiro atoms. The number of aromatic nitrogens is 1. The lowest BCUT2D eigenvalue weighted by Gasteiger charge is -2.29. The average molecular weight is 420 g/mol. The Labute approximate surface area is 180 Å². The van der Waals surface area contributed by atoms with Crippen LogP contribution in [0.4, 0.5) is 0 Å². The highest BCUT2D eigenvalue weighted by atomic mass is 35.5. The Morgan fingerprint density at radius 3 is 2.50 bits per heavy atom. The second kappa shape index (κ2) is 7.71. The number of para-hydroxylation sites is 1. The lowest BCUT2D eigenvalue weighted by molar-refractivity contribution is -0.692. The fraction of sp³-hybridized carbons (Fsp3) is 0.200. The fourth-order valence-corrected chi connectivity index (χ4v) is 4.97. The van der Waals surface area contributed by atoms with E-state index in [-0.39, 0.29) is 12.0 Å². The largest absolute Gasteiger partial charge is 0.493 e. The van der Waals surface area contributed by atoms with Gasteiger partial charge in [0.25, 0.3) is 0 Å². The molecule has 0 saturated carbocycles. The number of nitrogens with two attached hydrogens (primary N) is 1. The molecule has 3 aromatic carbocycles. The van der Waals surface area contributed by atoms with Crippen molar-refractivity contribution in [3.8, 4) is 11.5 Å². The molecular weight excluding hydrogens is 396 g/mol. The maximum atomic E-state index is 6.61. The second-order valence-corrected chi connectivity index (χ2v) is 8.04. The summed E-state index contributed by atoms with van der Waals surface area (Å²) >= 11 is 6.61. The van der Waals surface area contributed by atoms with Gasteiger partial charge in [-0.3, -0.25) is 0 Å². The molecule has 1 aliphatic heterocycles. The van der Waals surface area contributed by atoms with E-state index >= 15 is 0 Å². The van der Waals surface area contributed by atoms with Gasteiger partial charge in [-0.25, -0.2) is 0 Å². The summed E-state index contributed by atoms with van der Waals surface area (Å²) in [4.78, 5) is 3.70. The van der Waals surface area contributed by atoms with Crippen LogP contribution in [0.15, 0.2) is 66.7 Å². The Hall–Kier alpha value is -2.95. The minimum absolute atomic E-state index is 0.144. The SMILES string of the molecule is COc1ccc([C@@H]2[NH2+]C[C@@H](c3ccccc3Cl)c3c2[nH]c2ccccc32)cc1OC. The van der Waals surface area contributed by atoms with Gasteiger partial charge in [-0.15, -0.1) is 0 Å². The smallest absolute Gasteiger partial charge is 0.161 e. The van der Waals surface area contributed by atoms with Crippen LogP contribution in [0.1, 0.15) is 34.3 Å². The van der Waals surface area contributed by atoms with Crippen LogP contribution in [-0.2, 0) is 0 Å². The normalized spacial score (nSPS) is 18.2. The summed E-state index contributed by atoms with van der Waals surface area (Å²) in [5.41, 5.74) is 6.06. The topological polar surface area (TPSA) is 50.9 Å². The maximum Gasteiger partial charge on any atom is 0.161 e. The number of H-pyrrole nitrogens is 1. The highest BCUT2D eigenvalue weighted by Gasteiger charge is 2.36. The van der Waals surface area contributed by atoms with Crippen molar-refractivity contribution in [1.82, 2.24) is 4.98 Å². The van der Waals surface area contributed by atoms with Gasteiger partial charge in [0.15, 0.2) is 17.5 Å². The summed E-state index contributed by atoms with van der Waals surface area (Å²) in [6, 6.07) is 23.0. The van der Waals surface area contributed by atoms with Gasteiger partial charge in [-0.05, 0) is 35.9 Å². The monoisotopic (exact) mass is 419 g/mol. The first kappa shape index (κ1) is 19.0. The summed E-state index contributed by atoms with van der Waals surface area (Å²) in [7, 11) is 3.34. The number of rotatable bonds is 4. The summed E-state index contributed by atoms with van der Waals surface area (Å²) in [5, 5.41) is 4.46. The third-order valence-electron chi connectivity index (χ3n) is 6.09. The minimum Gasteiger partial charge on any atom is -0.493 e. The number of aromatic amines is 1. The number of methoxy groups -OCH3 is 2. The predicted octanol–water partition coefficient (Wildman–Crippen LogP) is 4.64. The van der Waals surface area contributed by atoms with Crippen molar-refractivity contribution in [2.75, 3.05) is 20.8 Å². The van der Waals surface area contributed by atoms with Crippen molar-refractivity contribution in [1.29, 1.82) is 0 Å². The summed E-state index contributed by atoms with van der Waals surface area (Å²) in [6.07, 6.45) is 0. The van der Waals surface area contributed by atoms with Crippen LogP contribution in [0.25, 0.3) is 10.9 Å². The highest BCUT2D eigenvalue weighted by molar-refractivity contribution is 6.31. The summed E-state index contributed by atoms with van der Waals surface area (Å²) in [6.45, 7) is 0.914. The van der Waals surface area contributed by atoms with E-state index in [0.29, 0.717) is 0 Å². The van der Waals surface area contributed by atoms with Gasteiger partial charge in [-0.2, -0.15) is 0 Å². The van der Waals surface area contributed by atoms with Gasteiger partial charge in [0.1, 0.15) is 0 Å². The molecule has 1 aliphatic rings. The van der Waals surface area contributed by atoms with Crippen molar-refractivity contribution in [3.05, 3.63) is 94.1 Å². The first-order valence-corrected chi connectivity index (χ1v) is 10.5. The van der Waals surface area contributed by atoms with Crippen molar-refractivity contribution in [2.45, 2.75) is 12.0 Å². The molecule has 2 heterocycles. The van der Waals surface area contributed by atoms with Crippen molar-refractivity contribution < 1.29 is 14.8 Å². The Bertz CT molecular complexity index is 1220. The Morgan fingerprint density at radius 2 is 1.70 bits per heavy atom. The molecule has 30 heavy (non-hydrogen) atoms. The number of benzene rings is 3. The van der Waals surface area contributed by atoms with Crippen molar-refractivity contribution in [2.24, 2.45) is 0 Å². The van der Waals surface area contributed by atoms with Crippen LogP contribution < -0.4 is 14.8 Å². The number of ether oxygens (including phenoxy) is 2. The Balaban J connectivity index is 1.68. The van der Waals surface area contributed by atoms with Gasteiger partial charge >= 0.3 is 0 Å². The van der Waals surface area contributed by atoms with E-state index in [1.807, 2.05) is 18.2 Å². The molecule has 152 valence electrons. The van der Waals surface area contributed by atoms with Crippen LogP contribution in [-0.4, -0.2) is 25.7 Å². The lowest BCUT2D eigenvalue weighted by Crippen LogP contribution is -2.88. The zero-order valence-electron chi connectivity index (χ0n) is 17.0. The zero-order chi connectivity index (χ0) is 20.7. The number of halogens is 1. The first-order chi connectivity index (χ1) is 14.7. The minimum atomic E-state index is 0.144. The maximum absolute atomic E-state index is 6.61. The van der Waals surface area contributed by atoms with Crippen LogP contribution >= 0.6 is 11.6 Å². The molecule has 0 amide bonds. The summed E-state index contributed by atoms with van der Waals surface area (Å²) < 4.78 is 11.0. The zero-order valence-corrected chi connectivity index (χ0v) is 17.7. The first-order valence-electron chi connectivity index (χ1n) is 10.1. The van der Waals surface area contributed by atoms with E-state index in [1.165, 1.54) is 27.8 Å². The molecule has 5 rings (SSSR count). The number of hydrogen-bond acceptors (Lipinski definition) is 2. The predicted molar refractivity (Wildman–Crippen MR) is 120 cm³/mol. The van der Waals surface area contributed by atoms with Crippen LogP contribution in [0.3, 0.4) is 0 Å². The standard InChI is InChI=1S/C25H23ClN2O2/c1-29-21-12-11-15(13-22(21)30-2)24-25-23(17-8-4-6-10-20(17)28-25)18(14-27-24)16-7-3-5-9-19(16)26/h3-13,18,24,27-28H,14H2,1-2H3/p+1/t18-,24-/m0/s1. The molecule has 5 heteroatoms. The molecule has 0 saturated heterocycles. The van der Waals surface area contributed by atoms with E-state index < -0.39 is 0 Å². The quantitative estimate of drug-likeness (QED) is 0.506. The van der Waals surface area contributed by atoms with Gasteiger partial charge in [0.2, 0.25) is 0 Å². The lowest BCUT2D eigenvalue weighted by atomic mass is 9.83. The highest BCUT2D eigenvalue weighted by Crippen LogP contribution is 2.41. The molecule has 0 bridgehead atoms. The van der Waals surface area contributed by atoms with E-state index in [4.69, 9.17) is 21.1 Å². The van der Waals surface area contributed by atoms with Crippen molar-refractivity contribution >= 4 is 22.5 Å². The number of quaternary nitrogens is 1. The molecule has 0 unspecified atom stereocenters. The molecule has 0 fully saturated rings. The van der Waals surface area contributed by atoms with Crippen molar-refractivity contribution in [3.63, 3.8) is 0 Å². The van der Waals surface area contributed by atoms with Crippen LogP contribution in [0.2, 0.25) is 5.02 Å². The third kappa shape index (κ3) is 3.04. The fourth-order valence-electron chi connectivity index (χ4n) is 4.70. The van der Waals surface area contributed by atoms with Crippen LogP contribution in [0, 0.1) is 0 Å². The Kier molecular flexibility index (Phi) is 4.89. The molecular formula is C25H24ClN2O2+. The molecule has 2 atom stereocenters. The van der Waals surface area contributed by atoms with Gasteiger partial charge in [0.05, 0.1) is 32.4 Å². The molecule has 4 nitrogen and oxygen atoms in total. The number of nitrogens with one attached hydrogen (secondary N) is 1. The number of hydrogen-bond donors (Lipinski definition) is 2. The van der Waals surface area contributed by atoms with E-state index in [9.17, 15) is 0 Å². The average Bonchev–Trinajstić information content (AvgIpc) is 3.18. The third-order valence-corrected chi connectivity index (χ3v) is 6.44. The van der Waals surface area contributed by atoms with E-state index in [2.05, 4.69) is 58.8 Å². The van der Waals surface area contributed by atoms with Gasteiger partial charge in [-0.1, -0.05) is 48.0 Å². The van der Waals surface area contributed by atoms with Crippen LogP contribution in [0.5, 0.6) is 11.5 Å². The molecule has 3 N–H and O–H groups in total. The van der Waals surface area contributed by atoms with E-state index in [1.54, 1.807) is 14.2 Å². The van der Waals surface area contributed by atoms with Gasteiger partial charge in [0, 0.05) is 27.1 Å². The van der Waals surface area contributed by atoms with Gasteiger partial charge < -0.3 is 19.8 Å². The molecule has 4 aromatic rings. The molecule has 0 aliphatic carbocycles. The summed E-state index contributed by atoms with van der Waals surface area (Å²) in [5.74, 6) is 1.71. The Morgan fingerprint density at radius 1 is 0.933 bits per heavy atom. The molecule has 1 aromatic heterocycles. The molecule has 0 radical (unpaired) electrons.